The van der Waals surface area contributed by atoms with E-state index < -0.39 is 30.1 Å². The Kier molecular flexibility index (Phi) is 5.57. The molecule has 3 rings (SSSR count). The van der Waals surface area contributed by atoms with Crippen LogP contribution in [-0.2, 0) is 17.5 Å². The Morgan fingerprint density at radius 2 is 1.72 bits per heavy atom. The zero-order valence-electron chi connectivity index (χ0n) is 15.1. The molecule has 0 unspecified atom stereocenters. The van der Waals surface area contributed by atoms with Crippen molar-refractivity contribution >= 4 is 11.8 Å². The quantitative estimate of drug-likeness (QED) is 0.649. The lowest BCUT2D eigenvalue weighted by Crippen LogP contribution is -2.43. The van der Waals surface area contributed by atoms with Crippen LogP contribution in [-0.4, -0.2) is 32.0 Å². The van der Waals surface area contributed by atoms with E-state index in [4.69, 9.17) is 0 Å². The number of nitrogens with zero attached hydrogens (tertiary/aromatic N) is 4. The first-order chi connectivity index (χ1) is 13.7. The number of aromatic nitrogens is 4. The van der Waals surface area contributed by atoms with Gasteiger partial charge >= 0.3 is 6.18 Å². The highest BCUT2D eigenvalue weighted by molar-refractivity contribution is 5.95. The lowest BCUT2D eigenvalue weighted by Gasteiger charge is -2.09. The zero-order valence-corrected chi connectivity index (χ0v) is 15.1. The molecule has 1 heterocycles. The number of hydrazine groups is 1. The van der Waals surface area contributed by atoms with Crippen molar-refractivity contribution in [3.63, 3.8) is 0 Å². The van der Waals surface area contributed by atoms with Crippen LogP contribution in [0.15, 0.2) is 48.5 Å². The fourth-order valence-electron chi connectivity index (χ4n) is 2.41. The SMILES string of the molecule is Cc1ccc(C(=O)NNC(=O)Cn2nnc(-c3ccccc3C(F)(F)F)n2)cc1. The Bertz CT molecular complexity index is 1030. The van der Waals surface area contributed by atoms with Gasteiger partial charge in [0.1, 0.15) is 6.54 Å². The first-order valence-corrected chi connectivity index (χ1v) is 8.34. The third kappa shape index (κ3) is 4.94. The number of nitrogens with one attached hydrogen (secondary N) is 2. The molecule has 29 heavy (non-hydrogen) atoms. The van der Waals surface area contributed by atoms with E-state index in [1.165, 1.54) is 18.2 Å². The second-order valence-corrected chi connectivity index (χ2v) is 6.06. The molecule has 0 saturated heterocycles. The van der Waals surface area contributed by atoms with E-state index in [9.17, 15) is 22.8 Å². The van der Waals surface area contributed by atoms with Gasteiger partial charge < -0.3 is 0 Å². The topological polar surface area (TPSA) is 102 Å². The van der Waals surface area contributed by atoms with Crippen LogP contribution in [0.3, 0.4) is 0 Å². The molecule has 0 radical (unpaired) electrons. The first-order valence-electron chi connectivity index (χ1n) is 8.34. The van der Waals surface area contributed by atoms with Crippen molar-refractivity contribution in [1.29, 1.82) is 0 Å². The van der Waals surface area contributed by atoms with Crippen molar-refractivity contribution < 1.29 is 22.8 Å². The number of tetrazole rings is 1. The molecule has 8 nitrogen and oxygen atoms in total. The van der Waals surface area contributed by atoms with E-state index in [1.807, 2.05) is 6.92 Å². The van der Waals surface area contributed by atoms with E-state index in [0.29, 0.717) is 5.56 Å². The number of aryl methyl sites for hydroxylation is 1. The summed E-state index contributed by atoms with van der Waals surface area (Å²) in [6.07, 6.45) is -4.58. The molecular formula is C18H15F3N6O2. The molecule has 150 valence electrons. The minimum Gasteiger partial charge on any atom is -0.271 e. The molecule has 0 spiro atoms. The standard InChI is InChI=1S/C18H15F3N6O2/c1-11-6-8-12(9-7-11)17(29)24-22-15(28)10-27-25-16(23-26-27)13-4-2-3-5-14(13)18(19,20)21/h2-9H,10H2,1H3,(H,22,28)(H,24,29). The summed E-state index contributed by atoms with van der Waals surface area (Å²) in [5.41, 5.74) is 4.58. The van der Waals surface area contributed by atoms with Crippen LogP contribution in [0.4, 0.5) is 13.2 Å². The Labute approximate surface area is 162 Å². The number of hydrogen-bond donors (Lipinski definition) is 2. The number of amides is 2. The van der Waals surface area contributed by atoms with Crippen LogP contribution in [0.5, 0.6) is 0 Å². The molecule has 0 atom stereocenters. The third-order valence-electron chi connectivity index (χ3n) is 3.84. The van der Waals surface area contributed by atoms with Gasteiger partial charge in [-0.1, -0.05) is 35.9 Å². The van der Waals surface area contributed by atoms with Gasteiger partial charge in [-0.15, -0.1) is 10.2 Å². The van der Waals surface area contributed by atoms with Gasteiger partial charge in [-0.05, 0) is 30.3 Å². The van der Waals surface area contributed by atoms with Crippen LogP contribution in [0.2, 0.25) is 0 Å². The molecule has 0 saturated carbocycles. The van der Waals surface area contributed by atoms with Crippen molar-refractivity contribution in [2.24, 2.45) is 0 Å². The summed E-state index contributed by atoms with van der Waals surface area (Å²) >= 11 is 0. The predicted molar refractivity (Wildman–Crippen MR) is 95.0 cm³/mol. The van der Waals surface area contributed by atoms with E-state index in [0.717, 1.165) is 16.4 Å². The molecule has 2 amide bonds. The number of alkyl halides is 3. The highest BCUT2D eigenvalue weighted by atomic mass is 19.4. The molecule has 0 aliphatic carbocycles. The smallest absolute Gasteiger partial charge is 0.271 e. The number of carbonyl (C=O) groups excluding carboxylic acids is 2. The van der Waals surface area contributed by atoms with E-state index >= 15 is 0 Å². The minimum absolute atomic E-state index is 0.251. The van der Waals surface area contributed by atoms with Crippen molar-refractivity contribution in [3.05, 3.63) is 65.2 Å². The summed E-state index contributed by atoms with van der Waals surface area (Å²) in [4.78, 5) is 24.7. The number of benzene rings is 2. The lowest BCUT2D eigenvalue weighted by molar-refractivity contribution is -0.137. The summed E-state index contributed by atoms with van der Waals surface area (Å²) in [6.45, 7) is 1.42. The summed E-state index contributed by atoms with van der Waals surface area (Å²) in [6, 6.07) is 11.5. The highest BCUT2D eigenvalue weighted by Gasteiger charge is 2.34. The van der Waals surface area contributed by atoms with E-state index in [-0.39, 0.29) is 11.4 Å². The minimum atomic E-state index is -4.58. The number of halogens is 3. The number of rotatable bonds is 4. The predicted octanol–water partition coefficient (Wildman–Crippen LogP) is 2.13. The van der Waals surface area contributed by atoms with Crippen LogP contribution in [0.1, 0.15) is 21.5 Å². The van der Waals surface area contributed by atoms with Gasteiger partial charge in [-0.2, -0.15) is 18.0 Å². The Morgan fingerprint density at radius 1 is 1.03 bits per heavy atom. The summed E-state index contributed by atoms with van der Waals surface area (Å²) < 4.78 is 39.3. The molecule has 0 fully saturated rings. The van der Waals surface area contributed by atoms with Crippen LogP contribution in [0.25, 0.3) is 11.4 Å². The van der Waals surface area contributed by atoms with Gasteiger partial charge in [0.25, 0.3) is 11.8 Å². The van der Waals surface area contributed by atoms with E-state index in [2.05, 4.69) is 26.3 Å². The number of carbonyl (C=O) groups is 2. The zero-order chi connectivity index (χ0) is 21.0. The van der Waals surface area contributed by atoms with Gasteiger partial charge in [-0.25, -0.2) is 0 Å². The molecule has 0 aliphatic heterocycles. The Balaban J connectivity index is 1.63. The summed E-state index contributed by atoms with van der Waals surface area (Å²) in [5.74, 6) is -1.47. The Morgan fingerprint density at radius 3 is 2.41 bits per heavy atom. The fraction of sp³-hybridized carbons (Fsp3) is 0.167. The Hall–Kier alpha value is -3.76. The average Bonchev–Trinajstić information content (AvgIpc) is 3.14. The molecule has 0 aliphatic rings. The van der Waals surface area contributed by atoms with Gasteiger partial charge in [0.15, 0.2) is 0 Å². The molecular weight excluding hydrogens is 389 g/mol. The first kappa shape index (κ1) is 20.0. The van der Waals surface area contributed by atoms with Crippen LogP contribution < -0.4 is 10.9 Å². The second-order valence-electron chi connectivity index (χ2n) is 6.06. The van der Waals surface area contributed by atoms with Gasteiger partial charge in [0.05, 0.1) is 5.56 Å². The molecule has 2 aromatic carbocycles. The van der Waals surface area contributed by atoms with Gasteiger partial charge in [0, 0.05) is 11.1 Å². The maximum Gasteiger partial charge on any atom is 0.417 e. The van der Waals surface area contributed by atoms with Crippen molar-refractivity contribution in [2.75, 3.05) is 0 Å². The molecule has 0 bridgehead atoms. The maximum absolute atomic E-state index is 13.1. The maximum atomic E-state index is 13.1. The normalized spacial score (nSPS) is 11.2. The third-order valence-corrected chi connectivity index (χ3v) is 3.84. The summed E-state index contributed by atoms with van der Waals surface area (Å²) in [7, 11) is 0. The highest BCUT2D eigenvalue weighted by Crippen LogP contribution is 2.35. The van der Waals surface area contributed by atoms with Gasteiger partial charge in [-0.3, -0.25) is 20.4 Å². The van der Waals surface area contributed by atoms with Crippen LogP contribution in [0, 0.1) is 6.92 Å². The molecule has 11 heteroatoms. The average molecular weight is 404 g/mol. The largest absolute Gasteiger partial charge is 0.417 e. The molecule has 1 aromatic heterocycles. The van der Waals surface area contributed by atoms with Gasteiger partial charge in [0.2, 0.25) is 5.82 Å². The fourth-order valence-corrected chi connectivity index (χ4v) is 2.41. The monoisotopic (exact) mass is 404 g/mol. The summed E-state index contributed by atoms with van der Waals surface area (Å²) in [5, 5.41) is 11.0. The molecule has 3 aromatic rings. The van der Waals surface area contributed by atoms with Crippen LogP contribution >= 0.6 is 0 Å². The van der Waals surface area contributed by atoms with Crippen molar-refractivity contribution in [1.82, 2.24) is 31.1 Å². The van der Waals surface area contributed by atoms with Crippen molar-refractivity contribution in [2.45, 2.75) is 19.6 Å². The molecule has 2 N–H and O–H groups in total. The number of hydrogen-bond acceptors (Lipinski definition) is 5. The second kappa shape index (κ2) is 8.09. The van der Waals surface area contributed by atoms with E-state index in [1.54, 1.807) is 24.3 Å². The lowest BCUT2D eigenvalue weighted by atomic mass is 10.1. The van der Waals surface area contributed by atoms with Crippen molar-refractivity contribution in [3.8, 4) is 11.4 Å².